The van der Waals surface area contributed by atoms with Gasteiger partial charge in [0.1, 0.15) is 0 Å². The molecule has 1 aliphatic rings. The van der Waals surface area contributed by atoms with Crippen molar-refractivity contribution in [3.05, 3.63) is 35.4 Å². The molecule has 1 aromatic rings. The maximum absolute atomic E-state index is 9.99. The fourth-order valence-corrected chi connectivity index (χ4v) is 2.00. The number of hydrogen-bond acceptors (Lipinski definition) is 3. The largest absolute Gasteiger partial charge is 0.378 e. The number of ether oxygens (including phenoxy) is 1. The zero-order chi connectivity index (χ0) is 12.1. The number of carbonyl (C=O) groups excluding carboxylic acids is 1. The van der Waals surface area contributed by atoms with E-state index in [-0.39, 0.29) is 5.60 Å². The second kappa shape index (κ2) is 5.26. The van der Waals surface area contributed by atoms with Gasteiger partial charge in [0.25, 0.3) is 0 Å². The Hall–Kier alpha value is -1.44. The van der Waals surface area contributed by atoms with Gasteiger partial charge < -0.3 is 4.74 Å². The van der Waals surface area contributed by atoms with Gasteiger partial charge >= 0.3 is 0 Å². The van der Waals surface area contributed by atoms with E-state index in [9.17, 15) is 4.79 Å². The molecule has 0 heterocycles. The molecule has 0 unspecified atom stereocenters. The molecular weight excluding hydrogens is 214 g/mol. The highest BCUT2D eigenvalue weighted by molar-refractivity contribution is 5.34. The van der Waals surface area contributed by atoms with E-state index in [0.717, 1.165) is 18.4 Å². The van der Waals surface area contributed by atoms with Crippen LogP contribution in [0.1, 0.15) is 30.4 Å². The molecule has 0 radical (unpaired) electrons. The predicted octanol–water partition coefficient (Wildman–Crippen LogP) is 2.63. The number of hydrogen-bond donors (Lipinski definition) is 0. The molecule has 0 amide bonds. The zero-order valence-electron chi connectivity index (χ0n) is 10.1. The zero-order valence-corrected chi connectivity index (χ0v) is 10.1. The van der Waals surface area contributed by atoms with Gasteiger partial charge in [0.05, 0.1) is 12.1 Å². The third kappa shape index (κ3) is 3.26. The smallest absolute Gasteiger partial charge is 0.235 e. The summed E-state index contributed by atoms with van der Waals surface area (Å²) in [5.41, 5.74) is 2.53. The van der Waals surface area contributed by atoms with Crippen molar-refractivity contribution in [2.45, 2.75) is 37.8 Å². The van der Waals surface area contributed by atoms with Crippen LogP contribution in [0, 0.1) is 0 Å². The minimum absolute atomic E-state index is 0.167. The molecule has 0 bridgehead atoms. The van der Waals surface area contributed by atoms with E-state index >= 15 is 0 Å². The molecule has 0 saturated heterocycles. The molecule has 1 saturated carbocycles. The van der Waals surface area contributed by atoms with Crippen molar-refractivity contribution in [2.24, 2.45) is 4.99 Å². The minimum Gasteiger partial charge on any atom is -0.378 e. The molecule has 0 spiro atoms. The van der Waals surface area contributed by atoms with Crippen LogP contribution in [0.2, 0.25) is 0 Å². The maximum Gasteiger partial charge on any atom is 0.235 e. The summed E-state index contributed by atoms with van der Waals surface area (Å²) in [5.74, 6) is 0. The van der Waals surface area contributed by atoms with Crippen molar-refractivity contribution in [2.75, 3.05) is 7.11 Å². The Morgan fingerprint density at radius 2 is 1.94 bits per heavy atom. The highest BCUT2D eigenvalue weighted by atomic mass is 16.5. The first-order valence-electron chi connectivity index (χ1n) is 5.95. The standard InChI is InChI=1S/C14H17NO2/c1-17-14(8-9-14)7-6-12-2-4-13(5-3-12)10-15-11-16/h2-5H,6-10H2,1H3. The molecule has 1 fully saturated rings. The van der Waals surface area contributed by atoms with Crippen molar-refractivity contribution in [3.63, 3.8) is 0 Å². The van der Waals surface area contributed by atoms with Gasteiger partial charge in [0.15, 0.2) is 0 Å². The maximum atomic E-state index is 9.99. The SMILES string of the molecule is COC1(CCc2ccc(CN=C=O)cc2)CC1. The third-order valence-electron chi connectivity index (χ3n) is 3.46. The topological polar surface area (TPSA) is 38.7 Å². The summed E-state index contributed by atoms with van der Waals surface area (Å²) in [7, 11) is 1.80. The predicted molar refractivity (Wildman–Crippen MR) is 65.6 cm³/mol. The first-order chi connectivity index (χ1) is 8.28. The van der Waals surface area contributed by atoms with Crippen molar-refractivity contribution in [3.8, 4) is 0 Å². The Labute approximate surface area is 102 Å². The third-order valence-corrected chi connectivity index (χ3v) is 3.46. The average Bonchev–Trinajstić information content (AvgIpc) is 3.16. The molecule has 3 heteroatoms. The van der Waals surface area contributed by atoms with Crippen LogP contribution in [0.25, 0.3) is 0 Å². The quantitative estimate of drug-likeness (QED) is 0.557. The van der Waals surface area contributed by atoms with E-state index in [1.807, 2.05) is 12.1 Å². The normalized spacial score (nSPS) is 16.3. The van der Waals surface area contributed by atoms with Crippen molar-refractivity contribution >= 4 is 6.08 Å². The Kier molecular flexibility index (Phi) is 3.72. The number of aryl methyl sites for hydroxylation is 1. The second-order valence-electron chi connectivity index (χ2n) is 4.61. The van der Waals surface area contributed by atoms with Crippen LogP contribution in [-0.4, -0.2) is 18.8 Å². The van der Waals surface area contributed by atoms with Gasteiger partial charge in [-0.05, 0) is 36.8 Å². The molecule has 3 nitrogen and oxygen atoms in total. The summed E-state index contributed by atoms with van der Waals surface area (Å²) in [6.45, 7) is 0.422. The number of rotatable bonds is 6. The van der Waals surface area contributed by atoms with Crippen LogP contribution in [-0.2, 0) is 22.5 Å². The van der Waals surface area contributed by atoms with Gasteiger partial charge in [-0.3, -0.25) is 0 Å². The number of isocyanates is 1. The van der Waals surface area contributed by atoms with E-state index in [1.54, 1.807) is 13.2 Å². The van der Waals surface area contributed by atoms with E-state index in [0.29, 0.717) is 6.54 Å². The van der Waals surface area contributed by atoms with Gasteiger partial charge in [-0.1, -0.05) is 24.3 Å². The average molecular weight is 231 g/mol. The van der Waals surface area contributed by atoms with E-state index in [2.05, 4.69) is 17.1 Å². The molecule has 2 rings (SSSR count). The first kappa shape index (κ1) is 12.0. The summed E-state index contributed by atoms with van der Waals surface area (Å²) in [6, 6.07) is 8.23. The highest BCUT2D eigenvalue weighted by Crippen LogP contribution is 2.42. The fraction of sp³-hybridized carbons (Fsp3) is 0.500. The molecule has 1 aliphatic carbocycles. The lowest BCUT2D eigenvalue weighted by Crippen LogP contribution is -2.12. The number of nitrogens with zero attached hydrogens (tertiary/aromatic N) is 1. The lowest BCUT2D eigenvalue weighted by molar-refractivity contribution is 0.0731. The Balaban J connectivity index is 1.87. The summed E-state index contributed by atoms with van der Waals surface area (Å²) < 4.78 is 5.49. The van der Waals surface area contributed by atoms with Crippen LogP contribution < -0.4 is 0 Å². The molecule has 17 heavy (non-hydrogen) atoms. The van der Waals surface area contributed by atoms with Crippen molar-refractivity contribution in [1.82, 2.24) is 0 Å². The van der Waals surface area contributed by atoms with Gasteiger partial charge in [-0.25, -0.2) is 9.79 Å². The van der Waals surface area contributed by atoms with Crippen molar-refractivity contribution < 1.29 is 9.53 Å². The molecule has 90 valence electrons. The van der Waals surface area contributed by atoms with Crippen LogP contribution in [0.15, 0.2) is 29.3 Å². The lowest BCUT2D eigenvalue weighted by Gasteiger charge is -2.12. The molecule has 0 aromatic heterocycles. The number of benzene rings is 1. The van der Waals surface area contributed by atoms with E-state index in [4.69, 9.17) is 4.74 Å². The van der Waals surface area contributed by atoms with Crippen LogP contribution in [0.4, 0.5) is 0 Å². The molecule has 0 N–H and O–H groups in total. The molecule has 1 aromatic carbocycles. The van der Waals surface area contributed by atoms with Crippen molar-refractivity contribution in [1.29, 1.82) is 0 Å². The van der Waals surface area contributed by atoms with Gasteiger partial charge in [0, 0.05) is 7.11 Å². The van der Waals surface area contributed by atoms with Crippen LogP contribution in [0.5, 0.6) is 0 Å². The Bertz CT molecular complexity index is 414. The summed E-state index contributed by atoms with van der Waals surface area (Å²) >= 11 is 0. The van der Waals surface area contributed by atoms with Gasteiger partial charge in [0.2, 0.25) is 6.08 Å². The van der Waals surface area contributed by atoms with E-state index < -0.39 is 0 Å². The molecule has 0 atom stereocenters. The Morgan fingerprint density at radius 3 is 2.47 bits per heavy atom. The first-order valence-corrected chi connectivity index (χ1v) is 5.95. The fourth-order valence-electron chi connectivity index (χ4n) is 2.00. The lowest BCUT2D eigenvalue weighted by atomic mass is 10.0. The molecular formula is C14H17NO2. The summed E-state index contributed by atoms with van der Waals surface area (Å²) in [5, 5.41) is 0. The number of methoxy groups -OCH3 is 1. The number of aliphatic imine (C=N–C) groups is 1. The Morgan fingerprint density at radius 1 is 1.29 bits per heavy atom. The van der Waals surface area contributed by atoms with Crippen LogP contribution in [0.3, 0.4) is 0 Å². The minimum atomic E-state index is 0.167. The van der Waals surface area contributed by atoms with Gasteiger partial charge in [-0.2, -0.15) is 0 Å². The molecule has 0 aliphatic heterocycles. The van der Waals surface area contributed by atoms with E-state index in [1.165, 1.54) is 18.4 Å². The highest BCUT2D eigenvalue weighted by Gasteiger charge is 2.42. The summed E-state index contributed by atoms with van der Waals surface area (Å²) in [6.07, 6.45) is 6.07. The van der Waals surface area contributed by atoms with Crippen LogP contribution >= 0.6 is 0 Å². The monoisotopic (exact) mass is 231 g/mol. The second-order valence-corrected chi connectivity index (χ2v) is 4.61. The van der Waals surface area contributed by atoms with Gasteiger partial charge in [-0.15, -0.1) is 0 Å². The summed E-state index contributed by atoms with van der Waals surface area (Å²) in [4.78, 5) is 13.5.